The van der Waals surface area contributed by atoms with Crippen molar-refractivity contribution < 1.29 is 4.79 Å². The van der Waals surface area contributed by atoms with Gasteiger partial charge in [0.1, 0.15) is 0 Å². The molecule has 1 N–H and O–H groups in total. The number of allylic oxidation sites excluding steroid dienone is 3. The van der Waals surface area contributed by atoms with Crippen molar-refractivity contribution in [3.8, 4) is 6.07 Å². The Balaban J connectivity index is 2.67. The number of rotatable bonds is 6. The van der Waals surface area contributed by atoms with E-state index in [0.717, 1.165) is 16.3 Å². The molecule has 0 aliphatic heterocycles. The third-order valence-corrected chi connectivity index (χ3v) is 3.24. The Morgan fingerprint density at radius 2 is 2.21 bits per heavy atom. The summed E-state index contributed by atoms with van der Waals surface area (Å²) in [5, 5.41) is 11.4. The molecule has 0 radical (unpaired) electrons. The van der Waals surface area contributed by atoms with E-state index in [1.165, 1.54) is 6.08 Å². The molecule has 0 saturated carbocycles. The van der Waals surface area contributed by atoms with Crippen LogP contribution in [0.25, 0.3) is 0 Å². The molecule has 1 aromatic carbocycles. The molecule has 0 fully saturated rings. The molecular formula is C15H16N2OS. The molecule has 1 aromatic rings. The van der Waals surface area contributed by atoms with Crippen molar-refractivity contribution in [3.05, 3.63) is 48.6 Å². The highest BCUT2D eigenvalue weighted by molar-refractivity contribution is 7.99. The molecule has 1 rings (SSSR count). The van der Waals surface area contributed by atoms with E-state index in [9.17, 15) is 4.79 Å². The highest BCUT2D eigenvalue weighted by Gasteiger charge is 2.04. The second-order valence-corrected chi connectivity index (χ2v) is 4.76. The number of nitriles is 1. The molecular weight excluding hydrogens is 256 g/mol. The molecule has 0 aliphatic rings. The molecule has 1 amide bonds. The summed E-state index contributed by atoms with van der Waals surface area (Å²) in [6.07, 6.45) is 7.33. The number of para-hydroxylation sites is 1. The SMILES string of the molecule is CC=CC=CC(=O)Nc1ccccc1SCCC#N. The summed E-state index contributed by atoms with van der Waals surface area (Å²) in [6.45, 7) is 1.89. The smallest absolute Gasteiger partial charge is 0.248 e. The Labute approximate surface area is 118 Å². The molecule has 19 heavy (non-hydrogen) atoms. The number of nitrogens with one attached hydrogen (secondary N) is 1. The quantitative estimate of drug-likeness (QED) is 0.371. The minimum atomic E-state index is -0.161. The summed E-state index contributed by atoms with van der Waals surface area (Å²) in [5.74, 6) is 0.559. The highest BCUT2D eigenvalue weighted by atomic mass is 32.2. The molecule has 0 spiro atoms. The van der Waals surface area contributed by atoms with Gasteiger partial charge < -0.3 is 5.32 Å². The molecule has 3 nitrogen and oxygen atoms in total. The van der Waals surface area contributed by atoms with Crippen LogP contribution in [0.15, 0.2) is 53.5 Å². The number of hydrogen-bond acceptors (Lipinski definition) is 3. The molecule has 0 bridgehead atoms. The lowest BCUT2D eigenvalue weighted by atomic mass is 10.3. The summed E-state index contributed by atoms with van der Waals surface area (Å²) in [6, 6.07) is 9.69. The van der Waals surface area contributed by atoms with Crippen molar-refractivity contribution in [2.75, 3.05) is 11.1 Å². The zero-order valence-corrected chi connectivity index (χ0v) is 11.6. The van der Waals surface area contributed by atoms with E-state index in [-0.39, 0.29) is 5.91 Å². The van der Waals surface area contributed by atoms with Crippen LogP contribution in [0.1, 0.15) is 13.3 Å². The third kappa shape index (κ3) is 5.94. The maximum atomic E-state index is 11.7. The first-order valence-electron chi connectivity index (χ1n) is 5.97. The summed E-state index contributed by atoms with van der Waals surface area (Å²) < 4.78 is 0. The number of amides is 1. The average Bonchev–Trinajstić information content (AvgIpc) is 2.41. The fourth-order valence-electron chi connectivity index (χ4n) is 1.33. The Hall–Kier alpha value is -1.99. The van der Waals surface area contributed by atoms with E-state index in [1.54, 1.807) is 23.9 Å². The van der Waals surface area contributed by atoms with Crippen molar-refractivity contribution in [2.45, 2.75) is 18.2 Å². The van der Waals surface area contributed by atoms with Crippen molar-refractivity contribution in [3.63, 3.8) is 0 Å². The second kappa shape index (κ2) is 9.01. The topological polar surface area (TPSA) is 52.9 Å². The van der Waals surface area contributed by atoms with Crippen molar-refractivity contribution in [2.24, 2.45) is 0 Å². The van der Waals surface area contributed by atoms with Gasteiger partial charge in [0.15, 0.2) is 0 Å². The highest BCUT2D eigenvalue weighted by Crippen LogP contribution is 2.27. The van der Waals surface area contributed by atoms with Crippen LogP contribution in [0.5, 0.6) is 0 Å². The van der Waals surface area contributed by atoms with Crippen LogP contribution in [0.2, 0.25) is 0 Å². The number of carbonyl (C=O) groups excluding carboxylic acids is 1. The molecule has 0 heterocycles. The van der Waals surface area contributed by atoms with Gasteiger partial charge in [0.2, 0.25) is 5.91 Å². The van der Waals surface area contributed by atoms with Gasteiger partial charge in [-0.2, -0.15) is 5.26 Å². The minimum Gasteiger partial charge on any atom is -0.321 e. The van der Waals surface area contributed by atoms with Crippen LogP contribution in [0, 0.1) is 11.3 Å². The van der Waals surface area contributed by atoms with Crippen molar-refractivity contribution >= 4 is 23.4 Å². The lowest BCUT2D eigenvalue weighted by Gasteiger charge is -2.08. The summed E-state index contributed by atoms with van der Waals surface area (Å²) >= 11 is 1.57. The first-order valence-corrected chi connectivity index (χ1v) is 6.95. The number of anilines is 1. The number of nitrogens with zero attached hydrogens (tertiary/aromatic N) is 1. The summed E-state index contributed by atoms with van der Waals surface area (Å²) in [7, 11) is 0. The summed E-state index contributed by atoms with van der Waals surface area (Å²) in [5.41, 5.74) is 0.778. The second-order valence-electron chi connectivity index (χ2n) is 3.63. The van der Waals surface area contributed by atoms with Gasteiger partial charge in [-0.3, -0.25) is 4.79 Å². The van der Waals surface area contributed by atoms with Gasteiger partial charge in [-0.1, -0.05) is 30.4 Å². The van der Waals surface area contributed by atoms with E-state index < -0.39 is 0 Å². The maximum Gasteiger partial charge on any atom is 0.248 e. The molecule has 0 saturated heterocycles. The van der Waals surface area contributed by atoms with Crippen LogP contribution in [0.3, 0.4) is 0 Å². The van der Waals surface area contributed by atoms with Gasteiger partial charge in [0, 0.05) is 23.1 Å². The molecule has 98 valence electrons. The number of carbonyl (C=O) groups is 1. The van der Waals surface area contributed by atoms with Gasteiger partial charge in [-0.25, -0.2) is 0 Å². The predicted octanol–water partition coefficient (Wildman–Crippen LogP) is 3.76. The Morgan fingerprint density at radius 1 is 1.42 bits per heavy atom. The van der Waals surface area contributed by atoms with E-state index >= 15 is 0 Å². The Bertz CT molecular complexity index is 515. The van der Waals surface area contributed by atoms with Crippen LogP contribution >= 0.6 is 11.8 Å². The number of benzene rings is 1. The van der Waals surface area contributed by atoms with Gasteiger partial charge in [0.05, 0.1) is 11.8 Å². The van der Waals surface area contributed by atoms with Gasteiger partial charge >= 0.3 is 0 Å². The van der Waals surface area contributed by atoms with Crippen LogP contribution < -0.4 is 5.32 Å². The normalized spacial score (nSPS) is 10.7. The van der Waals surface area contributed by atoms with Gasteiger partial charge in [-0.05, 0) is 19.1 Å². The van der Waals surface area contributed by atoms with E-state index in [1.807, 2.05) is 37.3 Å². The zero-order valence-electron chi connectivity index (χ0n) is 10.8. The first-order chi connectivity index (χ1) is 9.27. The standard InChI is InChI=1S/C15H16N2OS/c1-2-3-4-10-15(18)17-13-8-5-6-9-14(13)19-12-7-11-16/h2-6,8-10H,7,12H2,1H3,(H,17,18). The third-order valence-electron chi connectivity index (χ3n) is 2.17. The molecule has 0 aromatic heterocycles. The van der Waals surface area contributed by atoms with Crippen molar-refractivity contribution in [1.29, 1.82) is 5.26 Å². The van der Waals surface area contributed by atoms with E-state index in [4.69, 9.17) is 5.26 Å². The van der Waals surface area contributed by atoms with Crippen LogP contribution in [0.4, 0.5) is 5.69 Å². The van der Waals surface area contributed by atoms with Gasteiger partial charge in [0.25, 0.3) is 0 Å². The fourth-order valence-corrected chi connectivity index (χ4v) is 2.19. The van der Waals surface area contributed by atoms with E-state index in [2.05, 4.69) is 11.4 Å². The zero-order chi connectivity index (χ0) is 13.9. The average molecular weight is 272 g/mol. The molecule has 0 aliphatic carbocycles. The van der Waals surface area contributed by atoms with Gasteiger partial charge in [-0.15, -0.1) is 11.8 Å². The Kier molecular flexibility index (Phi) is 7.14. The molecule has 4 heteroatoms. The summed E-state index contributed by atoms with van der Waals surface area (Å²) in [4.78, 5) is 12.7. The number of hydrogen-bond donors (Lipinski definition) is 1. The molecule has 0 unspecified atom stereocenters. The van der Waals surface area contributed by atoms with Crippen LogP contribution in [-0.2, 0) is 4.79 Å². The van der Waals surface area contributed by atoms with E-state index in [0.29, 0.717) is 6.42 Å². The molecule has 0 atom stereocenters. The maximum absolute atomic E-state index is 11.7. The largest absolute Gasteiger partial charge is 0.321 e. The van der Waals surface area contributed by atoms with Crippen LogP contribution in [-0.4, -0.2) is 11.7 Å². The fraction of sp³-hybridized carbons (Fsp3) is 0.200. The first kappa shape index (κ1) is 15.1. The monoisotopic (exact) mass is 272 g/mol. The number of thioether (sulfide) groups is 1. The Morgan fingerprint density at radius 3 is 2.95 bits per heavy atom. The lowest BCUT2D eigenvalue weighted by molar-refractivity contribution is -0.111. The predicted molar refractivity (Wildman–Crippen MR) is 80.0 cm³/mol. The lowest BCUT2D eigenvalue weighted by Crippen LogP contribution is -2.08. The van der Waals surface area contributed by atoms with Crippen molar-refractivity contribution in [1.82, 2.24) is 0 Å². The minimum absolute atomic E-state index is 0.161.